The zero-order valence-electron chi connectivity index (χ0n) is 9.84. The predicted octanol–water partition coefficient (Wildman–Crippen LogP) is 2.46. The average molecular weight is 251 g/mol. The molecule has 0 spiro atoms. The van der Waals surface area contributed by atoms with Gasteiger partial charge in [0.15, 0.2) is 5.69 Å². The smallest absolute Gasteiger partial charge is 0.358 e. The first-order valence-corrected chi connectivity index (χ1v) is 6.02. The van der Waals surface area contributed by atoms with Crippen LogP contribution in [0.15, 0.2) is 17.5 Å². The number of nitrogens with zero attached hydrogens (tertiary/aromatic N) is 3. The third-order valence-electron chi connectivity index (χ3n) is 2.26. The fourth-order valence-electron chi connectivity index (χ4n) is 1.53. The standard InChI is InChI=1S/C11H13N3O2S/c1-11(2,3)14-9(7-5-4-6-17-7)8(10(15)16)12-13-14/h4-6H,1-3H3,(H,15,16). The first kappa shape index (κ1) is 11.8. The first-order chi connectivity index (χ1) is 7.91. The van der Waals surface area contributed by atoms with Gasteiger partial charge >= 0.3 is 5.97 Å². The summed E-state index contributed by atoms with van der Waals surface area (Å²) in [4.78, 5) is 12.0. The molecular weight excluding hydrogens is 238 g/mol. The van der Waals surface area contributed by atoms with Crippen molar-refractivity contribution in [2.75, 3.05) is 0 Å². The Labute approximate surface area is 103 Å². The summed E-state index contributed by atoms with van der Waals surface area (Å²) in [5.41, 5.74) is 0.266. The summed E-state index contributed by atoms with van der Waals surface area (Å²) in [6, 6.07) is 3.75. The Hall–Kier alpha value is -1.69. The number of hydrogen-bond acceptors (Lipinski definition) is 4. The topological polar surface area (TPSA) is 68.0 Å². The van der Waals surface area contributed by atoms with Crippen molar-refractivity contribution in [2.24, 2.45) is 0 Å². The van der Waals surface area contributed by atoms with Crippen LogP contribution in [0.4, 0.5) is 0 Å². The summed E-state index contributed by atoms with van der Waals surface area (Å²) < 4.78 is 1.66. The van der Waals surface area contributed by atoms with Crippen molar-refractivity contribution in [1.29, 1.82) is 0 Å². The summed E-state index contributed by atoms with van der Waals surface area (Å²) >= 11 is 1.48. The second-order valence-corrected chi connectivity index (χ2v) is 5.60. The van der Waals surface area contributed by atoms with Crippen molar-refractivity contribution >= 4 is 17.3 Å². The van der Waals surface area contributed by atoms with Crippen LogP contribution in [0.3, 0.4) is 0 Å². The number of aromatic nitrogens is 3. The van der Waals surface area contributed by atoms with Gasteiger partial charge in [-0.25, -0.2) is 9.48 Å². The molecule has 2 aromatic rings. The molecule has 0 aliphatic heterocycles. The van der Waals surface area contributed by atoms with Gasteiger partial charge in [-0.05, 0) is 32.2 Å². The fraction of sp³-hybridized carbons (Fsp3) is 0.364. The fourth-order valence-corrected chi connectivity index (χ4v) is 2.29. The first-order valence-electron chi connectivity index (χ1n) is 5.14. The molecule has 0 radical (unpaired) electrons. The zero-order valence-corrected chi connectivity index (χ0v) is 10.7. The van der Waals surface area contributed by atoms with Crippen LogP contribution >= 0.6 is 11.3 Å². The van der Waals surface area contributed by atoms with Crippen molar-refractivity contribution in [3.05, 3.63) is 23.2 Å². The Bertz CT molecular complexity index is 538. The van der Waals surface area contributed by atoms with E-state index in [4.69, 9.17) is 5.11 Å². The molecular formula is C11H13N3O2S. The zero-order chi connectivity index (χ0) is 12.6. The Morgan fingerprint density at radius 1 is 1.47 bits per heavy atom. The number of carboxylic acids is 1. The van der Waals surface area contributed by atoms with E-state index in [1.165, 1.54) is 11.3 Å². The van der Waals surface area contributed by atoms with E-state index in [1.54, 1.807) is 4.68 Å². The highest BCUT2D eigenvalue weighted by Gasteiger charge is 2.27. The molecule has 90 valence electrons. The van der Waals surface area contributed by atoms with Gasteiger partial charge in [0.1, 0.15) is 5.69 Å². The molecule has 0 amide bonds. The molecule has 2 aromatic heterocycles. The number of hydrogen-bond donors (Lipinski definition) is 1. The lowest BCUT2D eigenvalue weighted by Gasteiger charge is -2.20. The van der Waals surface area contributed by atoms with Crippen LogP contribution in [0, 0.1) is 0 Å². The molecule has 0 fully saturated rings. The maximum Gasteiger partial charge on any atom is 0.358 e. The van der Waals surface area contributed by atoms with E-state index in [-0.39, 0.29) is 11.2 Å². The second-order valence-electron chi connectivity index (χ2n) is 4.65. The van der Waals surface area contributed by atoms with Crippen LogP contribution in [0.5, 0.6) is 0 Å². The number of aromatic carboxylic acids is 1. The molecule has 0 aliphatic rings. The van der Waals surface area contributed by atoms with E-state index in [2.05, 4.69) is 10.3 Å². The van der Waals surface area contributed by atoms with E-state index in [1.807, 2.05) is 38.3 Å². The molecule has 0 saturated carbocycles. The normalized spacial score (nSPS) is 11.7. The van der Waals surface area contributed by atoms with E-state index < -0.39 is 5.97 Å². The van der Waals surface area contributed by atoms with Gasteiger partial charge in [0, 0.05) is 0 Å². The predicted molar refractivity (Wildman–Crippen MR) is 65.3 cm³/mol. The van der Waals surface area contributed by atoms with Crippen LogP contribution in [0.2, 0.25) is 0 Å². The van der Waals surface area contributed by atoms with Gasteiger partial charge in [-0.2, -0.15) is 0 Å². The van der Waals surface area contributed by atoms with Crippen LogP contribution < -0.4 is 0 Å². The van der Waals surface area contributed by atoms with Gasteiger partial charge in [0.2, 0.25) is 0 Å². The summed E-state index contributed by atoms with van der Waals surface area (Å²) in [5, 5.41) is 18.8. The maximum absolute atomic E-state index is 11.1. The minimum absolute atomic E-state index is 0.00220. The lowest BCUT2D eigenvalue weighted by Crippen LogP contribution is -2.24. The minimum atomic E-state index is -1.05. The molecule has 2 rings (SSSR count). The Morgan fingerprint density at radius 2 is 2.18 bits per heavy atom. The third-order valence-corrected chi connectivity index (χ3v) is 3.14. The van der Waals surface area contributed by atoms with Crippen LogP contribution in [-0.2, 0) is 5.54 Å². The maximum atomic E-state index is 11.1. The van der Waals surface area contributed by atoms with E-state index in [9.17, 15) is 4.79 Å². The minimum Gasteiger partial charge on any atom is -0.476 e. The molecule has 0 atom stereocenters. The number of rotatable bonds is 2. The number of thiophene rings is 1. The van der Waals surface area contributed by atoms with E-state index >= 15 is 0 Å². The Balaban J connectivity index is 2.68. The Kier molecular flexibility index (Phi) is 2.74. The van der Waals surface area contributed by atoms with E-state index in [0.29, 0.717) is 5.69 Å². The van der Waals surface area contributed by atoms with Gasteiger partial charge < -0.3 is 5.11 Å². The van der Waals surface area contributed by atoms with Crippen molar-refractivity contribution in [3.63, 3.8) is 0 Å². The monoisotopic (exact) mass is 251 g/mol. The van der Waals surface area contributed by atoms with Crippen molar-refractivity contribution in [3.8, 4) is 10.6 Å². The van der Waals surface area contributed by atoms with Gasteiger partial charge in [0.05, 0.1) is 10.4 Å². The van der Waals surface area contributed by atoms with Gasteiger partial charge in [-0.3, -0.25) is 0 Å². The van der Waals surface area contributed by atoms with Crippen LogP contribution in [-0.4, -0.2) is 26.1 Å². The second kappa shape index (κ2) is 3.96. The molecule has 6 heteroatoms. The quantitative estimate of drug-likeness (QED) is 0.890. The molecule has 0 saturated heterocycles. The SMILES string of the molecule is CC(C)(C)n1nnc(C(=O)O)c1-c1cccs1. The largest absolute Gasteiger partial charge is 0.476 e. The van der Waals surface area contributed by atoms with Gasteiger partial charge in [0.25, 0.3) is 0 Å². The summed E-state index contributed by atoms with van der Waals surface area (Å²) in [5.74, 6) is -1.05. The molecule has 17 heavy (non-hydrogen) atoms. The van der Waals surface area contributed by atoms with Crippen LogP contribution in [0.25, 0.3) is 10.6 Å². The Morgan fingerprint density at radius 3 is 2.65 bits per heavy atom. The van der Waals surface area contributed by atoms with Crippen molar-refractivity contribution in [2.45, 2.75) is 26.3 Å². The summed E-state index contributed by atoms with van der Waals surface area (Å²) in [6.07, 6.45) is 0. The molecule has 2 heterocycles. The molecule has 1 N–H and O–H groups in total. The molecule has 0 aromatic carbocycles. The summed E-state index contributed by atoms with van der Waals surface area (Å²) in [6.45, 7) is 5.89. The highest BCUT2D eigenvalue weighted by Crippen LogP contribution is 2.30. The molecule has 0 unspecified atom stereocenters. The molecule has 0 bridgehead atoms. The third kappa shape index (κ3) is 2.08. The van der Waals surface area contributed by atoms with Crippen LogP contribution in [0.1, 0.15) is 31.3 Å². The van der Waals surface area contributed by atoms with Gasteiger partial charge in [-0.15, -0.1) is 16.4 Å². The average Bonchev–Trinajstić information content (AvgIpc) is 2.84. The highest BCUT2D eigenvalue weighted by molar-refractivity contribution is 7.13. The highest BCUT2D eigenvalue weighted by atomic mass is 32.1. The lowest BCUT2D eigenvalue weighted by atomic mass is 10.1. The van der Waals surface area contributed by atoms with Crippen molar-refractivity contribution < 1.29 is 9.90 Å². The molecule has 5 nitrogen and oxygen atoms in total. The summed E-state index contributed by atoms with van der Waals surface area (Å²) in [7, 11) is 0. The van der Waals surface area contributed by atoms with Gasteiger partial charge in [-0.1, -0.05) is 11.3 Å². The van der Waals surface area contributed by atoms with Crippen molar-refractivity contribution in [1.82, 2.24) is 15.0 Å². The molecule has 0 aliphatic carbocycles. The number of carbonyl (C=O) groups is 1. The lowest BCUT2D eigenvalue weighted by molar-refractivity contribution is 0.0691. The number of carboxylic acid groups (broad SMARTS) is 1. The van der Waals surface area contributed by atoms with E-state index in [0.717, 1.165) is 4.88 Å².